The van der Waals surface area contributed by atoms with Crippen LogP contribution in [-0.2, 0) is 0 Å². The molecule has 0 fully saturated rings. The maximum Gasteiger partial charge on any atom is 0.341 e. The maximum absolute atomic E-state index is 13.0. The van der Waals surface area contributed by atoms with Gasteiger partial charge in [-0.05, 0) is 18.1 Å². The fraction of sp³-hybridized carbons (Fsp3) is 0.174. The molecule has 4 rings (SSSR count). The number of carbonyl (C=O) groups excluding carboxylic acids is 1. The van der Waals surface area contributed by atoms with E-state index in [0.717, 1.165) is 17.3 Å². The van der Waals surface area contributed by atoms with Crippen molar-refractivity contribution < 1.29 is 19.8 Å². The van der Waals surface area contributed by atoms with Crippen molar-refractivity contribution in [2.45, 2.75) is 13.0 Å². The molecule has 0 unspecified atom stereocenters. The van der Waals surface area contributed by atoms with Crippen LogP contribution in [0.2, 0.25) is 0 Å². The molecular formula is C23H21N3O5. The highest BCUT2D eigenvalue weighted by atomic mass is 16.4. The van der Waals surface area contributed by atoms with Crippen LogP contribution in [-0.4, -0.2) is 44.9 Å². The Hall–Kier alpha value is -4.07. The summed E-state index contributed by atoms with van der Waals surface area (Å²) in [5.41, 5.74) is -0.134. The molecule has 0 spiro atoms. The zero-order valence-electron chi connectivity index (χ0n) is 16.8. The largest absolute Gasteiger partial charge is 0.502 e. The van der Waals surface area contributed by atoms with Gasteiger partial charge >= 0.3 is 5.97 Å². The van der Waals surface area contributed by atoms with Gasteiger partial charge < -0.3 is 15.1 Å². The number of rotatable bonds is 5. The fourth-order valence-corrected chi connectivity index (χ4v) is 3.86. The first-order chi connectivity index (χ1) is 14.9. The summed E-state index contributed by atoms with van der Waals surface area (Å²) in [7, 11) is 0. The highest BCUT2D eigenvalue weighted by Gasteiger charge is 2.37. The van der Waals surface area contributed by atoms with Gasteiger partial charge in [0.1, 0.15) is 12.2 Å². The summed E-state index contributed by atoms with van der Waals surface area (Å²) in [4.78, 5) is 38.5. The van der Waals surface area contributed by atoms with E-state index in [2.05, 4.69) is 0 Å². The molecule has 2 heterocycles. The van der Waals surface area contributed by atoms with Crippen LogP contribution >= 0.6 is 0 Å². The Morgan fingerprint density at radius 1 is 1.00 bits per heavy atom. The van der Waals surface area contributed by atoms with Crippen LogP contribution < -0.4 is 10.4 Å². The lowest BCUT2D eigenvalue weighted by Gasteiger charge is -2.43. The molecule has 1 aliphatic rings. The van der Waals surface area contributed by atoms with Gasteiger partial charge in [-0.2, -0.15) is 0 Å². The SMILES string of the molecule is CCN1CN(C(c2ccccc2)c2ccccc2)n2cc(C(=O)O)c(=O)c(O)c2C1=O. The van der Waals surface area contributed by atoms with E-state index in [1.165, 1.54) is 9.58 Å². The summed E-state index contributed by atoms with van der Waals surface area (Å²) >= 11 is 0. The second-order valence-electron chi connectivity index (χ2n) is 7.18. The number of hydrogen-bond donors (Lipinski definition) is 2. The number of carboxylic acid groups (broad SMARTS) is 1. The molecule has 8 heteroatoms. The van der Waals surface area contributed by atoms with Crippen LogP contribution in [0.5, 0.6) is 5.75 Å². The van der Waals surface area contributed by atoms with Crippen molar-refractivity contribution in [2.75, 3.05) is 18.2 Å². The molecule has 8 nitrogen and oxygen atoms in total. The highest BCUT2D eigenvalue weighted by molar-refractivity contribution is 5.97. The number of hydrogen-bond acceptors (Lipinski definition) is 5. The third-order valence-corrected chi connectivity index (χ3v) is 5.39. The Kier molecular flexibility index (Phi) is 5.21. The summed E-state index contributed by atoms with van der Waals surface area (Å²) in [6.07, 6.45) is 1.11. The van der Waals surface area contributed by atoms with E-state index in [9.17, 15) is 24.6 Å². The van der Waals surface area contributed by atoms with Crippen LogP contribution in [0.3, 0.4) is 0 Å². The number of amides is 1. The van der Waals surface area contributed by atoms with E-state index in [4.69, 9.17) is 0 Å². The minimum atomic E-state index is -1.48. The highest BCUT2D eigenvalue weighted by Crippen LogP contribution is 2.32. The summed E-state index contributed by atoms with van der Waals surface area (Å²) < 4.78 is 1.30. The van der Waals surface area contributed by atoms with Crippen molar-refractivity contribution in [3.63, 3.8) is 0 Å². The number of nitrogens with zero attached hydrogens (tertiary/aromatic N) is 3. The quantitative estimate of drug-likeness (QED) is 0.658. The second kappa shape index (κ2) is 7.98. The van der Waals surface area contributed by atoms with Crippen LogP contribution in [0, 0.1) is 0 Å². The van der Waals surface area contributed by atoms with Crippen molar-refractivity contribution in [2.24, 2.45) is 0 Å². The van der Waals surface area contributed by atoms with Crippen LogP contribution in [0.1, 0.15) is 44.9 Å². The molecule has 0 aliphatic carbocycles. The fourth-order valence-electron chi connectivity index (χ4n) is 3.86. The van der Waals surface area contributed by atoms with Crippen molar-refractivity contribution in [1.29, 1.82) is 0 Å². The van der Waals surface area contributed by atoms with Crippen molar-refractivity contribution >= 4 is 11.9 Å². The van der Waals surface area contributed by atoms with E-state index in [1.54, 1.807) is 11.9 Å². The van der Waals surface area contributed by atoms with Crippen molar-refractivity contribution in [1.82, 2.24) is 9.58 Å². The van der Waals surface area contributed by atoms with E-state index in [1.807, 2.05) is 60.7 Å². The first-order valence-electron chi connectivity index (χ1n) is 9.82. The Bertz CT molecular complexity index is 1150. The van der Waals surface area contributed by atoms with E-state index >= 15 is 0 Å². The molecule has 0 saturated carbocycles. The Morgan fingerprint density at radius 2 is 1.55 bits per heavy atom. The number of aromatic nitrogens is 1. The van der Waals surface area contributed by atoms with E-state index in [0.29, 0.717) is 6.54 Å². The Morgan fingerprint density at radius 3 is 2.03 bits per heavy atom. The van der Waals surface area contributed by atoms with Crippen molar-refractivity contribution in [3.05, 3.63) is 99.5 Å². The van der Waals surface area contributed by atoms with Gasteiger partial charge in [0.05, 0.1) is 6.04 Å². The average Bonchev–Trinajstić information content (AvgIpc) is 2.78. The second-order valence-corrected chi connectivity index (χ2v) is 7.18. The van der Waals surface area contributed by atoms with Gasteiger partial charge in [0.2, 0.25) is 5.43 Å². The molecule has 0 saturated heterocycles. The number of aromatic carboxylic acids is 1. The van der Waals surface area contributed by atoms with Crippen LogP contribution in [0.4, 0.5) is 0 Å². The molecule has 2 aromatic carbocycles. The first-order valence-corrected chi connectivity index (χ1v) is 9.82. The molecule has 0 atom stereocenters. The van der Waals surface area contributed by atoms with Gasteiger partial charge in [-0.15, -0.1) is 0 Å². The molecule has 158 valence electrons. The number of carbonyl (C=O) groups is 2. The molecule has 31 heavy (non-hydrogen) atoms. The molecule has 1 amide bonds. The number of carboxylic acids is 1. The Balaban J connectivity index is 2.01. The predicted octanol–water partition coefficient (Wildman–Crippen LogP) is 2.41. The van der Waals surface area contributed by atoms with E-state index < -0.39 is 34.7 Å². The molecule has 1 aromatic heterocycles. The lowest BCUT2D eigenvalue weighted by Crippen LogP contribution is -2.55. The van der Waals surface area contributed by atoms with Gasteiger partial charge in [-0.25, -0.2) is 4.79 Å². The Labute approximate surface area is 178 Å². The summed E-state index contributed by atoms with van der Waals surface area (Å²) in [5.74, 6) is -2.88. The summed E-state index contributed by atoms with van der Waals surface area (Å²) in [5, 5.41) is 21.8. The molecule has 0 radical (unpaired) electrons. The van der Waals surface area contributed by atoms with Gasteiger partial charge in [0.25, 0.3) is 5.91 Å². The number of fused-ring (bicyclic) bond motifs is 1. The normalized spacial score (nSPS) is 13.4. The van der Waals surface area contributed by atoms with Gasteiger partial charge in [-0.1, -0.05) is 60.7 Å². The zero-order valence-corrected chi connectivity index (χ0v) is 16.8. The third-order valence-electron chi connectivity index (χ3n) is 5.39. The number of aromatic hydroxyl groups is 1. The van der Waals surface area contributed by atoms with Gasteiger partial charge in [0.15, 0.2) is 11.4 Å². The average molecular weight is 419 g/mol. The predicted molar refractivity (Wildman–Crippen MR) is 114 cm³/mol. The molecule has 0 bridgehead atoms. The molecule has 1 aliphatic heterocycles. The van der Waals surface area contributed by atoms with Gasteiger partial charge in [0, 0.05) is 12.7 Å². The zero-order chi connectivity index (χ0) is 22.1. The van der Waals surface area contributed by atoms with Crippen LogP contribution in [0.15, 0.2) is 71.7 Å². The lowest BCUT2D eigenvalue weighted by atomic mass is 9.98. The maximum atomic E-state index is 13.0. The summed E-state index contributed by atoms with van der Waals surface area (Å²) in [6.45, 7) is 2.28. The molecule has 2 N–H and O–H groups in total. The monoisotopic (exact) mass is 419 g/mol. The third kappa shape index (κ3) is 3.42. The van der Waals surface area contributed by atoms with Gasteiger partial charge in [-0.3, -0.25) is 19.3 Å². The first kappa shape index (κ1) is 20.2. The van der Waals surface area contributed by atoms with Crippen LogP contribution in [0.25, 0.3) is 0 Å². The minimum absolute atomic E-state index is 0.137. The number of benzene rings is 2. The minimum Gasteiger partial charge on any atom is -0.502 e. The topological polar surface area (TPSA) is 103 Å². The van der Waals surface area contributed by atoms with Crippen molar-refractivity contribution in [3.8, 4) is 5.75 Å². The smallest absolute Gasteiger partial charge is 0.341 e. The summed E-state index contributed by atoms with van der Waals surface area (Å²) in [6, 6.07) is 18.7. The molecule has 3 aromatic rings. The standard InChI is InChI=1S/C23H21N3O5/c1-2-24-14-26(18(15-9-5-3-6-10-15)16-11-7-4-8-12-16)25-13-17(23(30)31)20(27)21(28)19(25)22(24)29/h3-13,18,28H,2,14H2,1H3,(H,30,31). The van der Waals surface area contributed by atoms with E-state index in [-0.39, 0.29) is 12.4 Å². The lowest BCUT2D eigenvalue weighted by molar-refractivity contribution is 0.0666. The molecular weight excluding hydrogens is 398 g/mol. The number of pyridine rings is 1.